The highest BCUT2D eigenvalue weighted by molar-refractivity contribution is 8.14. The molecule has 1 saturated heterocycles. The van der Waals surface area contributed by atoms with E-state index in [0.717, 1.165) is 41.5 Å². The zero-order chi connectivity index (χ0) is 35.6. The molecule has 2 N–H and O–H groups in total. The van der Waals surface area contributed by atoms with Gasteiger partial charge in [-0.2, -0.15) is 10.4 Å². The number of benzene rings is 1. The van der Waals surface area contributed by atoms with E-state index in [1.165, 1.54) is 5.57 Å². The minimum Gasteiger partial charge on any atom is -0.449 e. The summed E-state index contributed by atoms with van der Waals surface area (Å²) in [6, 6.07) is 8.81. The van der Waals surface area contributed by atoms with Gasteiger partial charge in [-0.1, -0.05) is 44.2 Å². The molecule has 50 heavy (non-hydrogen) atoms. The maximum atomic E-state index is 13.8. The summed E-state index contributed by atoms with van der Waals surface area (Å²) in [5, 5.41) is 28.7. The monoisotopic (exact) mass is 720 g/mol. The van der Waals surface area contributed by atoms with Crippen LogP contribution in [0.3, 0.4) is 0 Å². The summed E-state index contributed by atoms with van der Waals surface area (Å²) in [5.41, 5.74) is 1.90. The van der Waals surface area contributed by atoms with E-state index in [1.807, 2.05) is 29.9 Å². The smallest absolute Gasteiger partial charge is 0.306 e. The lowest BCUT2D eigenvalue weighted by molar-refractivity contribution is -0.196. The molecule has 13 heteroatoms. The van der Waals surface area contributed by atoms with Gasteiger partial charge in [0.05, 0.1) is 47.0 Å². The van der Waals surface area contributed by atoms with Crippen molar-refractivity contribution in [1.82, 2.24) is 15.1 Å². The lowest BCUT2D eigenvalue weighted by atomic mass is 9.45. The van der Waals surface area contributed by atoms with Crippen LogP contribution in [0.15, 0.2) is 36.0 Å². The van der Waals surface area contributed by atoms with Crippen molar-refractivity contribution in [2.45, 2.75) is 89.9 Å². The molecule has 4 fully saturated rings. The number of allylic oxidation sites excluding steroid dienone is 1. The van der Waals surface area contributed by atoms with Gasteiger partial charge in [-0.3, -0.25) is 14.4 Å². The fourth-order valence-corrected chi connectivity index (χ4v) is 12.8. The molecule has 266 valence electrons. The molecule has 2 aromatic rings. The van der Waals surface area contributed by atoms with Crippen LogP contribution >= 0.6 is 11.8 Å². The predicted octanol–water partition coefficient (Wildman–Crippen LogP) is 4.42. The number of thioether (sulfide) groups is 1. The SMILES string of the molecule is CCC(=O)O[C@]1(C(=O)SCC#N)CC[C@H]2[C@@H]3CCC4=Cc5c(cnn5-c5cccc(C(=O)NC6CCS(=O)(=O)C6)c5)C[C@]4(C)[C@H]3[C@@H](O)C[C@@]21C. The van der Waals surface area contributed by atoms with Crippen molar-refractivity contribution in [3.05, 3.63) is 52.9 Å². The van der Waals surface area contributed by atoms with Gasteiger partial charge in [0.2, 0.25) is 5.12 Å². The third-order valence-electron chi connectivity index (χ3n) is 12.6. The Labute approximate surface area is 297 Å². The van der Waals surface area contributed by atoms with E-state index in [4.69, 9.17) is 9.84 Å². The van der Waals surface area contributed by atoms with Gasteiger partial charge in [0.25, 0.3) is 5.91 Å². The normalized spacial score (nSPS) is 35.0. The van der Waals surface area contributed by atoms with Gasteiger partial charge in [0.1, 0.15) is 0 Å². The summed E-state index contributed by atoms with van der Waals surface area (Å²) in [7, 11) is -3.12. The van der Waals surface area contributed by atoms with Gasteiger partial charge in [-0.05, 0) is 98.0 Å². The molecule has 2 heterocycles. The summed E-state index contributed by atoms with van der Waals surface area (Å²) in [6.45, 7) is 5.96. The summed E-state index contributed by atoms with van der Waals surface area (Å²) < 4.78 is 31.7. The van der Waals surface area contributed by atoms with Crippen LogP contribution in [0.25, 0.3) is 11.8 Å². The maximum absolute atomic E-state index is 13.8. The molecule has 1 aromatic heterocycles. The minimum atomic E-state index is -3.12. The zero-order valence-electron chi connectivity index (χ0n) is 28.7. The second kappa shape index (κ2) is 12.6. The first-order chi connectivity index (χ1) is 23.7. The number of sulfone groups is 1. The number of hydrogen-bond donors (Lipinski definition) is 2. The molecule has 0 spiro atoms. The van der Waals surface area contributed by atoms with E-state index in [1.54, 1.807) is 25.1 Å². The molecule has 11 nitrogen and oxygen atoms in total. The highest BCUT2D eigenvalue weighted by Crippen LogP contribution is 2.69. The number of ether oxygens (including phenoxy) is 1. The number of nitriles is 1. The first-order valence-electron chi connectivity index (χ1n) is 17.6. The number of nitrogens with zero attached hydrogens (tertiary/aromatic N) is 3. The molecular formula is C37H44N4O7S2. The van der Waals surface area contributed by atoms with E-state index in [-0.39, 0.29) is 57.9 Å². The summed E-state index contributed by atoms with van der Waals surface area (Å²) in [4.78, 5) is 39.7. The third-order valence-corrected chi connectivity index (χ3v) is 15.3. The van der Waals surface area contributed by atoms with Gasteiger partial charge in [-0.15, -0.1) is 0 Å². The standard InChI is InChI=1S/C37H44N4O7S2/c1-4-31(43)48-37(34(45)49-14-13-38)12-10-28-27-9-8-24-17-29-23(18-35(24,2)32(27)30(42)19-36(28,37)3)20-39-41(29)26-7-5-6-22(16-26)33(44)40-25-11-15-50(46,47)21-25/h5-7,16-17,20,25,27-28,30,32,42H,4,8-12,14-15,18-19,21H2,1-3H3,(H,40,44)/t25?,27-,28-,30-,32+,35-,36-,37-/m0/s1. The van der Waals surface area contributed by atoms with E-state index >= 15 is 0 Å². The average molecular weight is 721 g/mol. The molecule has 1 amide bonds. The number of aliphatic hydroxyl groups excluding tert-OH is 1. The first-order valence-corrected chi connectivity index (χ1v) is 20.4. The highest BCUT2D eigenvalue weighted by atomic mass is 32.2. The van der Waals surface area contributed by atoms with Gasteiger partial charge in [0, 0.05) is 23.4 Å². The van der Waals surface area contributed by atoms with Crippen LogP contribution in [0, 0.1) is 39.9 Å². The molecule has 0 bridgehead atoms. The maximum Gasteiger partial charge on any atom is 0.306 e. The fraction of sp³-hybridized carbons (Fsp3) is 0.595. The number of fused-ring (bicyclic) bond motifs is 6. The topological polar surface area (TPSA) is 168 Å². The van der Waals surface area contributed by atoms with Crippen LogP contribution in [-0.2, 0) is 30.6 Å². The molecule has 0 radical (unpaired) electrons. The van der Waals surface area contributed by atoms with E-state index < -0.39 is 39.0 Å². The summed E-state index contributed by atoms with van der Waals surface area (Å²) >= 11 is 0.908. The van der Waals surface area contributed by atoms with Crippen molar-refractivity contribution in [3.63, 3.8) is 0 Å². The Morgan fingerprint density at radius 3 is 2.74 bits per heavy atom. The van der Waals surface area contributed by atoms with E-state index in [0.29, 0.717) is 37.7 Å². The van der Waals surface area contributed by atoms with Crippen molar-refractivity contribution in [2.24, 2.45) is 28.6 Å². The second-order valence-corrected chi connectivity index (χ2v) is 18.5. The number of aromatic nitrogens is 2. The Kier molecular flexibility index (Phi) is 8.83. The molecule has 7 rings (SSSR count). The van der Waals surface area contributed by atoms with Crippen molar-refractivity contribution >= 4 is 44.7 Å². The Morgan fingerprint density at radius 1 is 1.22 bits per heavy atom. The van der Waals surface area contributed by atoms with Crippen LogP contribution in [0.1, 0.15) is 87.3 Å². The molecule has 1 aromatic carbocycles. The first kappa shape index (κ1) is 35.0. The highest BCUT2D eigenvalue weighted by Gasteiger charge is 2.70. The Balaban J connectivity index is 1.16. The molecule has 8 atom stereocenters. The number of rotatable bonds is 7. The van der Waals surface area contributed by atoms with Crippen LogP contribution in [0.5, 0.6) is 0 Å². The molecule has 3 saturated carbocycles. The summed E-state index contributed by atoms with van der Waals surface area (Å²) in [5.74, 6) is -0.626. The van der Waals surface area contributed by atoms with E-state index in [9.17, 15) is 33.2 Å². The van der Waals surface area contributed by atoms with Crippen molar-refractivity contribution < 1.29 is 32.6 Å². The number of aliphatic hydroxyl groups is 1. The number of carbonyl (C=O) groups is 3. The van der Waals surface area contributed by atoms with Crippen molar-refractivity contribution in [3.8, 4) is 11.8 Å². The van der Waals surface area contributed by atoms with Crippen molar-refractivity contribution in [2.75, 3.05) is 17.3 Å². The number of amides is 1. The predicted molar refractivity (Wildman–Crippen MR) is 188 cm³/mol. The van der Waals surface area contributed by atoms with Gasteiger partial charge < -0.3 is 15.2 Å². The Hall–Kier alpha value is -3.47. The fourth-order valence-electron chi connectivity index (χ4n) is 10.4. The number of esters is 1. The van der Waals surface area contributed by atoms with Crippen LogP contribution in [0.4, 0.5) is 0 Å². The van der Waals surface area contributed by atoms with Gasteiger partial charge >= 0.3 is 5.97 Å². The second-order valence-electron chi connectivity index (χ2n) is 15.3. The number of hydrogen-bond acceptors (Lipinski definition) is 10. The number of nitrogens with one attached hydrogen (secondary N) is 1. The average Bonchev–Trinajstić information content (AvgIpc) is 3.73. The molecular weight excluding hydrogens is 677 g/mol. The quantitative estimate of drug-likeness (QED) is 0.391. The van der Waals surface area contributed by atoms with Crippen LogP contribution < -0.4 is 5.32 Å². The summed E-state index contributed by atoms with van der Waals surface area (Å²) in [6.07, 6.45) is 7.62. The largest absolute Gasteiger partial charge is 0.449 e. The van der Waals surface area contributed by atoms with E-state index in [2.05, 4.69) is 18.3 Å². The van der Waals surface area contributed by atoms with Gasteiger partial charge in [-0.25, -0.2) is 13.1 Å². The van der Waals surface area contributed by atoms with Crippen LogP contribution in [0.2, 0.25) is 0 Å². The lowest BCUT2D eigenvalue weighted by Gasteiger charge is -2.60. The minimum absolute atomic E-state index is 0.0216. The van der Waals surface area contributed by atoms with Gasteiger partial charge in [0.15, 0.2) is 15.4 Å². The number of carbonyl (C=O) groups excluding carboxylic acids is 3. The third kappa shape index (κ3) is 5.53. The van der Waals surface area contributed by atoms with Crippen molar-refractivity contribution in [1.29, 1.82) is 5.26 Å². The Bertz CT molecular complexity index is 1930. The molecule has 1 aliphatic heterocycles. The zero-order valence-corrected chi connectivity index (χ0v) is 30.3. The Morgan fingerprint density at radius 2 is 2.02 bits per heavy atom. The molecule has 5 aliphatic rings. The molecule has 1 unspecified atom stereocenters. The van der Waals surface area contributed by atoms with Crippen LogP contribution in [-0.4, -0.2) is 75.3 Å². The molecule has 4 aliphatic carbocycles. The lowest BCUT2D eigenvalue weighted by Crippen LogP contribution is -2.62.